The SMILES string of the molecule is C=COCCCNCc1ccc(O)cc1. The molecular formula is C12H17NO2. The van der Waals surface area contributed by atoms with E-state index in [2.05, 4.69) is 11.9 Å². The number of hydrogen-bond donors (Lipinski definition) is 2. The maximum atomic E-state index is 9.08. The second kappa shape index (κ2) is 6.90. The first kappa shape index (κ1) is 11.6. The van der Waals surface area contributed by atoms with Crippen LogP contribution in [0.1, 0.15) is 12.0 Å². The van der Waals surface area contributed by atoms with Gasteiger partial charge in [0.05, 0.1) is 12.9 Å². The second-order valence-corrected chi connectivity index (χ2v) is 3.23. The number of phenolic OH excluding ortho intramolecular Hbond substituents is 1. The first-order valence-electron chi connectivity index (χ1n) is 5.04. The molecule has 2 N–H and O–H groups in total. The Morgan fingerprint density at radius 1 is 1.33 bits per heavy atom. The summed E-state index contributed by atoms with van der Waals surface area (Å²) in [5, 5.41) is 12.4. The van der Waals surface area contributed by atoms with Crippen LogP contribution in [0.5, 0.6) is 5.75 Å². The van der Waals surface area contributed by atoms with Gasteiger partial charge in [0.15, 0.2) is 0 Å². The van der Waals surface area contributed by atoms with Crippen LogP contribution in [0.3, 0.4) is 0 Å². The fraction of sp³-hybridized carbons (Fsp3) is 0.333. The highest BCUT2D eigenvalue weighted by Crippen LogP contribution is 2.08. The van der Waals surface area contributed by atoms with Gasteiger partial charge in [0.25, 0.3) is 0 Å². The van der Waals surface area contributed by atoms with Crippen LogP contribution >= 0.6 is 0 Å². The monoisotopic (exact) mass is 207 g/mol. The third kappa shape index (κ3) is 5.08. The summed E-state index contributed by atoms with van der Waals surface area (Å²) >= 11 is 0. The lowest BCUT2D eigenvalue weighted by atomic mass is 10.2. The third-order valence-corrected chi connectivity index (χ3v) is 2.00. The van der Waals surface area contributed by atoms with E-state index in [-0.39, 0.29) is 0 Å². The minimum absolute atomic E-state index is 0.304. The molecule has 3 heteroatoms. The van der Waals surface area contributed by atoms with Crippen molar-refractivity contribution in [3.63, 3.8) is 0 Å². The van der Waals surface area contributed by atoms with Crippen molar-refractivity contribution in [3.8, 4) is 5.75 Å². The van der Waals surface area contributed by atoms with E-state index >= 15 is 0 Å². The van der Waals surface area contributed by atoms with E-state index < -0.39 is 0 Å². The molecule has 0 spiro atoms. The summed E-state index contributed by atoms with van der Waals surface area (Å²) in [4.78, 5) is 0. The average Bonchev–Trinajstić information content (AvgIpc) is 2.26. The van der Waals surface area contributed by atoms with E-state index in [0.29, 0.717) is 12.4 Å². The Morgan fingerprint density at radius 3 is 2.73 bits per heavy atom. The molecule has 1 aromatic carbocycles. The van der Waals surface area contributed by atoms with Crippen molar-refractivity contribution in [3.05, 3.63) is 42.7 Å². The summed E-state index contributed by atoms with van der Waals surface area (Å²) < 4.78 is 4.99. The zero-order valence-electron chi connectivity index (χ0n) is 8.78. The summed E-state index contributed by atoms with van der Waals surface area (Å²) in [6.45, 7) is 5.89. The van der Waals surface area contributed by atoms with Crippen molar-refractivity contribution in [1.29, 1.82) is 0 Å². The molecular weight excluding hydrogens is 190 g/mol. The lowest BCUT2D eigenvalue weighted by Crippen LogP contribution is -2.15. The molecule has 0 amide bonds. The van der Waals surface area contributed by atoms with Gasteiger partial charge in [-0.25, -0.2) is 0 Å². The smallest absolute Gasteiger partial charge is 0.115 e. The number of hydrogen-bond acceptors (Lipinski definition) is 3. The van der Waals surface area contributed by atoms with E-state index in [0.717, 1.165) is 25.1 Å². The van der Waals surface area contributed by atoms with Crippen LogP contribution < -0.4 is 5.32 Å². The number of phenols is 1. The molecule has 1 rings (SSSR count). The van der Waals surface area contributed by atoms with Gasteiger partial charge in [-0.3, -0.25) is 0 Å². The van der Waals surface area contributed by atoms with Gasteiger partial charge in [-0.2, -0.15) is 0 Å². The maximum Gasteiger partial charge on any atom is 0.115 e. The quantitative estimate of drug-likeness (QED) is 0.531. The Kier molecular flexibility index (Phi) is 5.33. The molecule has 0 saturated carbocycles. The molecule has 0 fully saturated rings. The van der Waals surface area contributed by atoms with Gasteiger partial charge >= 0.3 is 0 Å². The molecule has 0 aliphatic rings. The van der Waals surface area contributed by atoms with Crippen molar-refractivity contribution < 1.29 is 9.84 Å². The zero-order chi connectivity index (χ0) is 10.9. The summed E-state index contributed by atoms with van der Waals surface area (Å²) in [5.41, 5.74) is 1.16. The van der Waals surface area contributed by atoms with E-state index in [1.165, 1.54) is 6.26 Å². The van der Waals surface area contributed by atoms with Crippen LogP contribution in [-0.4, -0.2) is 18.3 Å². The van der Waals surface area contributed by atoms with Crippen LogP contribution in [0.15, 0.2) is 37.1 Å². The lowest BCUT2D eigenvalue weighted by Gasteiger charge is -2.04. The lowest BCUT2D eigenvalue weighted by molar-refractivity contribution is 0.244. The first-order chi connectivity index (χ1) is 7.33. The topological polar surface area (TPSA) is 41.5 Å². The predicted molar refractivity (Wildman–Crippen MR) is 60.6 cm³/mol. The van der Waals surface area contributed by atoms with Gasteiger partial charge in [0.1, 0.15) is 5.75 Å². The van der Waals surface area contributed by atoms with Gasteiger partial charge in [-0.15, -0.1) is 0 Å². The Bertz CT molecular complexity index is 282. The highest BCUT2D eigenvalue weighted by Gasteiger charge is 1.92. The molecule has 0 aromatic heterocycles. The van der Waals surface area contributed by atoms with Crippen molar-refractivity contribution in [1.82, 2.24) is 5.32 Å². The predicted octanol–water partition coefficient (Wildman–Crippen LogP) is 2.03. The fourth-order valence-corrected chi connectivity index (χ4v) is 1.21. The Morgan fingerprint density at radius 2 is 2.07 bits per heavy atom. The molecule has 0 saturated heterocycles. The molecule has 0 aliphatic carbocycles. The Hall–Kier alpha value is -1.48. The summed E-state index contributed by atoms with van der Waals surface area (Å²) in [6, 6.07) is 7.20. The van der Waals surface area contributed by atoms with E-state index in [1.54, 1.807) is 12.1 Å². The minimum atomic E-state index is 0.304. The van der Waals surface area contributed by atoms with E-state index in [9.17, 15) is 0 Å². The molecule has 0 bridgehead atoms. The highest BCUT2D eigenvalue weighted by atomic mass is 16.5. The number of nitrogens with one attached hydrogen (secondary N) is 1. The second-order valence-electron chi connectivity index (χ2n) is 3.23. The molecule has 82 valence electrons. The van der Waals surface area contributed by atoms with Crippen molar-refractivity contribution >= 4 is 0 Å². The molecule has 0 radical (unpaired) electrons. The normalized spacial score (nSPS) is 9.87. The standard InChI is InChI=1S/C12H17NO2/c1-2-15-9-3-8-13-10-11-4-6-12(14)7-5-11/h2,4-7,13-14H,1,3,8-10H2. The molecule has 0 aliphatic heterocycles. The molecule has 0 heterocycles. The Labute approximate surface area is 90.4 Å². The molecule has 1 aromatic rings. The van der Waals surface area contributed by atoms with Crippen LogP contribution in [0.2, 0.25) is 0 Å². The van der Waals surface area contributed by atoms with Gasteiger partial charge in [-0.1, -0.05) is 18.7 Å². The largest absolute Gasteiger partial charge is 0.508 e. The summed E-state index contributed by atoms with van der Waals surface area (Å²) in [6.07, 6.45) is 2.42. The average molecular weight is 207 g/mol. The maximum absolute atomic E-state index is 9.08. The molecule has 0 unspecified atom stereocenters. The number of rotatable bonds is 7. The Balaban J connectivity index is 2.09. The third-order valence-electron chi connectivity index (χ3n) is 2.00. The van der Waals surface area contributed by atoms with Crippen molar-refractivity contribution in [2.24, 2.45) is 0 Å². The van der Waals surface area contributed by atoms with Gasteiger partial charge in [0, 0.05) is 6.54 Å². The number of ether oxygens (including phenoxy) is 1. The van der Waals surface area contributed by atoms with Gasteiger partial charge in [0.2, 0.25) is 0 Å². The highest BCUT2D eigenvalue weighted by molar-refractivity contribution is 5.25. The zero-order valence-corrected chi connectivity index (χ0v) is 8.78. The van der Waals surface area contributed by atoms with Gasteiger partial charge in [-0.05, 0) is 30.7 Å². The van der Waals surface area contributed by atoms with Crippen molar-refractivity contribution in [2.75, 3.05) is 13.2 Å². The number of aromatic hydroxyl groups is 1. The first-order valence-corrected chi connectivity index (χ1v) is 5.04. The van der Waals surface area contributed by atoms with E-state index in [4.69, 9.17) is 9.84 Å². The summed E-state index contributed by atoms with van der Waals surface area (Å²) in [5.74, 6) is 0.304. The van der Waals surface area contributed by atoms with Crippen LogP contribution in [0.4, 0.5) is 0 Å². The van der Waals surface area contributed by atoms with Gasteiger partial charge < -0.3 is 15.2 Å². The van der Waals surface area contributed by atoms with Crippen LogP contribution in [0.25, 0.3) is 0 Å². The molecule has 15 heavy (non-hydrogen) atoms. The van der Waals surface area contributed by atoms with Crippen molar-refractivity contribution in [2.45, 2.75) is 13.0 Å². The van der Waals surface area contributed by atoms with Crippen LogP contribution in [-0.2, 0) is 11.3 Å². The summed E-state index contributed by atoms with van der Waals surface area (Å²) in [7, 11) is 0. The number of benzene rings is 1. The van der Waals surface area contributed by atoms with Crippen LogP contribution in [0, 0.1) is 0 Å². The molecule has 0 atom stereocenters. The fourth-order valence-electron chi connectivity index (χ4n) is 1.21. The molecule has 3 nitrogen and oxygen atoms in total. The minimum Gasteiger partial charge on any atom is -0.508 e. The van der Waals surface area contributed by atoms with E-state index in [1.807, 2.05) is 12.1 Å².